The summed E-state index contributed by atoms with van der Waals surface area (Å²) in [5.41, 5.74) is 3.54. The van der Waals surface area contributed by atoms with Crippen molar-refractivity contribution in [3.05, 3.63) is 99.8 Å². The van der Waals surface area contributed by atoms with Crippen LogP contribution in [-0.4, -0.2) is 12.2 Å². The molecule has 0 radical (unpaired) electrons. The highest BCUT2D eigenvalue weighted by Gasteiger charge is 2.26. The van der Waals surface area contributed by atoms with Crippen LogP contribution in [0, 0.1) is 5.82 Å². The molecule has 4 rings (SSSR count). The summed E-state index contributed by atoms with van der Waals surface area (Å²) in [7, 11) is 1.63. The number of methoxy groups -OCH3 is 1. The van der Waals surface area contributed by atoms with E-state index in [-0.39, 0.29) is 23.8 Å². The van der Waals surface area contributed by atoms with Gasteiger partial charge in [0.1, 0.15) is 23.5 Å². The molecule has 0 fully saturated rings. The highest BCUT2D eigenvalue weighted by molar-refractivity contribution is 9.10. The van der Waals surface area contributed by atoms with Crippen molar-refractivity contribution in [3.8, 4) is 11.5 Å². The first-order valence-corrected chi connectivity index (χ1v) is 9.96. The quantitative estimate of drug-likeness (QED) is 0.502. The first-order valence-electron chi connectivity index (χ1n) is 9.17. The monoisotopic (exact) mass is 454 g/mol. The van der Waals surface area contributed by atoms with Gasteiger partial charge in [-0.15, -0.1) is 0 Å². The molecule has 1 aliphatic rings. The molecule has 148 valence electrons. The number of nitrogens with one attached hydrogen (secondary N) is 2. The van der Waals surface area contributed by atoms with E-state index in [0.29, 0.717) is 4.47 Å². The Morgan fingerprint density at radius 1 is 1.03 bits per heavy atom. The molecular weight excluding hydrogens is 435 g/mol. The number of hydrogen-bond acceptors (Lipinski definition) is 4. The zero-order valence-corrected chi connectivity index (χ0v) is 17.3. The predicted octanol–water partition coefficient (Wildman–Crippen LogP) is 5.28. The lowest BCUT2D eigenvalue weighted by molar-refractivity contribution is 0.414. The van der Waals surface area contributed by atoms with Crippen LogP contribution < -0.4 is 15.4 Å². The molecule has 6 heteroatoms. The van der Waals surface area contributed by atoms with Crippen LogP contribution in [0.3, 0.4) is 0 Å². The van der Waals surface area contributed by atoms with E-state index in [1.165, 1.54) is 6.07 Å². The molecule has 3 aromatic rings. The summed E-state index contributed by atoms with van der Waals surface area (Å²) in [6.07, 6.45) is 1.75. The molecule has 0 amide bonds. The van der Waals surface area contributed by atoms with Gasteiger partial charge in [-0.2, -0.15) is 0 Å². The van der Waals surface area contributed by atoms with Gasteiger partial charge in [-0.05, 0) is 75.6 Å². The van der Waals surface area contributed by atoms with Crippen molar-refractivity contribution in [2.75, 3.05) is 7.11 Å². The third kappa shape index (κ3) is 4.13. The van der Waals surface area contributed by atoms with Crippen molar-refractivity contribution < 1.29 is 14.2 Å². The molecule has 0 saturated heterocycles. The Balaban J connectivity index is 1.75. The van der Waals surface area contributed by atoms with Gasteiger partial charge in [-0.25, -0.2) is 4.39 Å². The van der Waals surface area contributed by atoms with Gasteiger partial charge in [-0.3, -0.25) is 5.32 Å². The number of hydrogen-bond donors (Lipinski definition) is 3. The minimum atomic E-state index is -0.312. The normalized spacial score (nSPS) is 18.7. The molecule has 2 atom stereocenters. The van der Waals surface area contributed by atoms with Crippen molar-refractivity contribution in [2.24, 2.45) is 0 Å². The van der Waals surface area contributed by atoms with E-state index in [0.717, 1.165) is 28.1 Å². The van der Waals surface area contributed by atoms with Crippen molar-refractivity contribution in [1.82, 2.24) is 10.6 Å². The summed E-state index contributed by atoms with van der Waals surface area (Å²) in [4.78, 5) is 0. The number of para-hydroxylation sites is 1. The Labute approximate surface area is 177 Å². The minimum Gasteiger partial charge on any atom is -0.508 e. The minimum absolute atomic E-state index is 0.219. The number of ether oxygens (including phenoxy) is 1. The van der Waals surface area contributed by atoms with Crippen LogP contribution in [0.15, 0.2) is 77.3 Å². The SMILES string of the molecule is COc1ccc(C2=CC(c3ccccc3O)NC(c3ccc(F)c(Br)c3)N2)cc1. The van der Waals surface area contributed by atoms with Crippen LogP contribution >= 0.6 is 15.9 Å². The molecule has 0 aliphatic carbocycles. The molecule has 2 unspecified atom stereocenters. The van der Waals surface area contributed by atoms with Gasteiger partial charge >= 0.3 is 0 Å². The molecule has 0 saturated carbocycles. The van der Waals surface area contributed by atoms with Crippen LogP contribution in [-0.2, 0) is 0 Å². The van der Waals surface area contributed by atoms with Gasteiger partial charge in [0, 0.05) is 11.3 Å². The predicted molar refractivity (Wildman–Crippen MR) is 115 cm³/mol. The van der Waals surface area contributed by atoms with Gasteiger partial charge in [0.25, 0.3) is 0 Å². The van der Waals surface area contributed by atoms with E-state index in [4.69, 9.17) is 4.74 Å². The second-order valence-electron chi connectivity index (χ2n) is 6.76. The van der Waals surface area contributed by atoms with E-state index in [1.807, 2.05) is 42.5 Å². The number of halogens is 2. The van der Waals surface area contributed by atoms with E-state index >= 15 is 0 Å². The highest BCUT2D eigenvalue weighted by atomic mass is 79.9. The van der Waals surface area contributed by atoms with Gasteiger partial charge in [-0.1, -0.05) is 24.3 Å². The summed E-state index contributed by atoms with van der Waals surface area (Å²) in [5, 5.41) is 17.3. The van der Waals surface area contributed by atoms with E-state index in [9.17, 15) is 9.50 Å². The van der Waals surface area contributed by atoms with E-state index < -0.39 is 0 Å². The lowest BCUT2D eigenvalue weighted by Gasteiger charge is -2.33. The summed E-state index contributed by atoms with van der Waals surface area (Å²) in [6.45, 7) is 0. The largest absolute Gasteiger partial charge is 0.508 e. The van der Waals surface area contributed by atoms with Gasteiger partial charge in [0.2, 0.25) is 0 Å². The maximum Gasteiger partial charge on any atom is 0.137 e. The average molecular weight is 455 g/mol. The zero-order valence-electron chi connectivity index (χ0n) is 15.7. The third-order valence-corrected chi connectivity index (χ3v) is 5.54. The number of phenolic OH excluding ortho intramolecular Hbond substituents is 1. The zero-order chi connectivity index (χ0) is 20.4. The highest BCUT2D eigenvalue weighted by Crippen LogP contribution is 2.34. The second kappa shape index (κ2) is 8.27. The maximum atomic E-state index is 13.7. The number of rotatable bonds is 4. The molecule has 1 aliphatic heterocycles. The van der Waals surface area contributed by atoms with Crippen LogP contribution in [0.2, 0.25) is 0 Å². The molecule has 3 N–H and O–H groups in total. The number of benzene rings is 3. The van der Waals surface area contributed by atoms with E-state index in [1.54, 1.807) is 31.4 Å². The molecule has 29 heavy (non-hydrogen) atoms. The lowest BCUT2D eigenvalue weighted by atomic mass is 9.98. The molecule has 0 spiro atoms. The molecule has 3 aromatic carbocycles. The standard InChI is InChI=1S/C23H20BrFN2O2/c1-29-16-9-6-14(7-10-16)20-13-21(17-4-2-3-5-22(17)28)27-23(26-20)15-8-11-19(25)18(24)12-15/h2-13,21,23,26-28H,1H3. The first-order chi connectivity index (χ1) is 14.0. The topological polar surface area (TPSA) is 53.5 Å². The first kappa shape index (κ1) is 19.5. The van der Waals surface area contributed by atoms with Crippen molar-refractivity contribution >= 4 is 21.6 Å². The smallest absolute Gasteiger partial charge is 0.137 e. The Bertz CT molecular complexity index is 1050. The van der Waals surface area contributed by atoms with Crippen LogP contribution in [0.1, 0.15) is 28.9 Å². The Morgan fingerprint density at radius 3 is 2.48 bits per heavy atom. The van der Waals surface area contributed by atoms with Crippen molar-refractivity contribution in [3.63, 3.8) is 0 Å². The Hall–Kier alpha value is -2.83. The Kier molecular flexibility index (Phi) is 5.56. The fourth-order valence-electron chi connectivity index (χ4n) is 3.39. The Morgan fingerprint density at radius 2 is 1.79 bits per heavy atom. The number of phenols is 1. The summed E-state index contributed by atoms with van der Waals surface area (Å²) in [5.74, 6) is 0.684. The average Bonchev–Trinajstić information content (AvgIpc) is 2.75. The molecule has 1 heterocycles. The van der Waals surface area contributed by atoms with E-state index in [2.05, 4.69) is 26.6 Å². The summed E-state index contributed by atoms with van der Waals surface area (Å²) < 4.78 is 19.4. The van der Waals surface area contributed by atoms with Gasteiger partial charge < -0.3 is 15.2 Å². The van der Waals surface area contributed by atoms with Crippen molar-refractivity contribution in [2.45, 2.75) is 12.2 Å². The maximum absolute atomic E-state index is 13.7. The second-order valence-corrected chi connectivity index (χ2v) is 7.62. The van der Waals surface area contributed by atoms with Gasteiger partial charge in [0.05, 0.1) is 17.6 Å². The van der Waals surface area contributed by atoms with Gasteiger partial charge in [0.15, 0.2) is 0 Å². The fraction of sp³-hybridized carbons (Fsp3) is 0.130. The molecule has 0 bridgehead atoms. The third-order valence-electron chi connectivity index (χ3n) is 4.93. The lowest BCUT2D eigenvalue weighted by Crippen LogP contribution is -2.39. The van der Waals surface area contributed by atoms with Crippen LogP contribution in [0.25, 0.3) is 5.70 Å². The summed E-state index contributed by atoms with van der Waals surface area (Å²) in [6, 6.07) is 19.7. The summed E-state index contributed by atoms with van der Waals surface area (Å²) >= 11 is 3.26. The number of aromatic hydroxyl groups is 1. The molecular formula is C23H20BrFN2O2. The van der Waals surface area contributed by atoms with Crippen LogP contribution in [0.4, 0.5) is 4.39 Å². The van der Waals surface area contributed by atoms with Crippen molar-refractivity contribution in [1.29, 1.82) is 0 Å². The fourth-order valence-corrected chi connectivity index (χ4v) is 3.79. The van der Waals surface area contributed by atoms with Crippen LogP contribution in [0.5, 0.6) is 11.5 Å². The molecule has 4 nitrogen and oxygen atoms in total. The molecule has 0 aromatic heterocycles.